The number of hydrogen-bond acceptors (Lipinski definition) is 4. The van der Waals surface area contributed by atoms with Gasteiger partial charge in [-0.1, -0.05) is 23.7 Å². The number of nitrogens with zero attached hydrogens (tertiary/aromatic N) is 3. The van der Waals surface area contributed by atoms with Crippen molar-refractivity contribution in [3.05, 3.63) is 41.1 Å². The van der Waals surface area contributed by atoms with Gasteiger partial charge < -0.3 is 15.1 Å². The fraction of sp³-hybridized carbons (Fsp3) is 0.333. The van der Waals surface area contributed by atoms with Crippen molar-refractivity contribution in [2.45, 2.75) is 0 Å². The molecule has 0 radical (unpaired) electrons. The van der Waals surface area contributed by atoms with Gasteiger partial charge in [-0.15, -0.1) is 0 Å². The molecular weight excluding hydrogens is 288 g/mol. The van der Waals surface area contributed by atoms with Gasteiger partial charge in [-0.3, -0.25) is 4.79 Å². The Morgan fingerprint density at radius 2 is 2.00 bits per heavy atom. The molecule has 110 valence electrons. The van der Waals surface area contributed by atoms with E-state index in [2.05, 4.69) is 10.2 Å². The van der Waals surface area contributed by atoms with Crippen molar-refractivity contribution in [3.63, 3.8) is 0 Å². The summed E-state index contributed by atoms with van der Waals surface area (Å²) in [7, 11) is 2.02. The smallest absolute Gasteiger partial charge is 0.266 e. The molecule has 0 atom stereocenters. The van der Waals surface area contributed by atoms with Crippen molar-refractivity contribution in [3.8, 4) is 6.07 Å². The van der Waals surface area contributed by atoms with Gasteiger partial charge in [0.05, 0.1) is 10.7 Å². The lowest BCUT2D eigenvalue weighted by atomic mass is 10.2. The molecule has 6 heteroatoms. The van der Waals surface area contributed by atoms with Crippen LogP contribution in [0.2, 0.25) is 5.02 Å². The standard InChI is InChI=1S/C15H17ClN4O/c1-19-6-8-20(9-7-19)15(21)12(10-17)11-18-14-5-3-2-4-13(14)16/h2-5,11,18H,6-9H2,1H3/b12-11-. The van der Waals surface area contributed by atoms with Gasteiger partial charge in [-0.2, -0.15) is 5.26 Å². The first-order valence-electron chi connectivity index (χ1n) is 6.71. The van der Waals surface area contributed by atoms with E-state index in [4.69, 9.17) is 11.6 Å². The lowest BCUT2D eigenvalue weighted by Crippen LogP contribution is -2.47. The molecule has 1 amide bonds. The van der Waals surface area contributed by atoms with Crippen LogP contribution in [0.15, 0.2) is 36.0 Å². The SMILES string of the molecule is CN1CCN(C(=O)/C(C#N)=C\Nc2ccccc2Cl)CC1. The van der Waals surface area contributed by atoms with E-state index >= 15 is 0 Å². The highest BCUT2D eigenvalue weighted by molar-refractivity contribution is 6.33. The lowest BCUT2D eigenvalue weighted by Gasteiger charge is -2.32. The zero-order chi connectivity index (χ0) is 15.2. The Bertz CT molecular complexity index is 586. The minimum Gasteiger partial charge on any atom is -0.359 e. The number of nitriles is 1. The topological polar surface area (TPSA) is 59.4 Å². The molecule has 21 heavy (non-hydrogen) atoms. The number of carbonyl (C=O) groups is 1. The predicted octanol–water partition coefficient (Wildman–Crippen LogP) is 1.93. The number of likely N-dealkylation sites (N-methyl/N-ethyl adjacent to an activating group) is 1. The van der Waals surface area contributed by atoms with E-state index in [1.165, 1.54) is 6.20 Å². The second-order valence-corrected chi connectivity index (χ2v) is 5.30. The van der Waals surface area contributed by atoms with Crippen LogP contribution in [0.1, 0.15) is 0 Å². The molecule has 1 aromatic rings. The van der Waals surface area contributed by atoms with Gasteiger partial charge in [0.1, 0.15) is 11.6 Å². The number of anilines is 1. The Balaban J connectivity index is 2.05. The number of para-hydroxylation sites is 1. The average Bonchev–Trinajstić information content (AvgIpc) is 2.50. The van der Waals surface area contributed by atoms with Crippen LogP contribution in [0.4, 0.5) is 5.69 Å². The molecule has 1 aliphatic rings. The number of carbonyl (C=O) groups excluding carboxylic acids is 1. The van der Waals surface area contributed by atoms with Crippen molar-refractivity contribution in [1.82, 2.24) is 9.80 Å². The molecule has 0 unspecified atom stereocenters. The lowest BCUT2D eigenvalue weighted by molar-refractivity contribution is -0.128. The zero-order valence-electron chi connectivity index (χ0n) is 11.8. The van der Waals surface area contributed by atoms with E-state index < -0.39 is 0 Å². The third-order valence-electron chi connectivity index (χ3n) is 3.39. The summed E-state index contributed by atoms with van der Waals surface area (Å²) in [5.74, 6) is -0.245. The Hall–Kier alpha value is -2.03. The highest BCUT2D eigenvalue weighted by atomic mass is 35.5. The molecule has 0 aliphatic carbocycles. The Morgan fingerprint density at radius 3 is 2.62 bits per heavy atom. The first-order chi connectivity index (χ1) is 10.1. The summed E-state index contributed by atoms with van der Waals surface area (Å²) in [5.41, 5.74) is 0.748. The number of amides is 1. The molecule has 1 aliphatic heterocycles. The second-order valence-electron chi connectivity index (χ2n) is 4.89. The van der Waals surface area contributed by atoms with Crippen LogP contribution in [-0.2, 0) is 4.79 Å². The maximum Gasteiger partial charge on any atom is 0.266 e. The van der Waals surface area contributed by atoms with E-state index in [1.54, 1.807) is 17.0 Å². The third-order valence-corrected chi connectivity index (χ3v) is 3.72. The van der Waals surface area contributed by atoms with E-state index in [0.29, 0.717) is 23.8 Å². The van der Waals surface area contributed by atoms with Gasteiger partial charge >= 0.3 is 0 Å². The number of halogens is 1. The second kappa shape index (κ2) is 7.11. The summed E-state index contributed by atoms with van der Waals surface area (Å²) in [5, 5.41) is 12.6. The minimum absolute atomic E-state index is 0.0828. The summed E-state index contributed by atoms with van der Waals surface area (Å²) in [4.78, 5) is 16.1. The fourth-order valence-corrected chi connectivity index (χ4v) is 2.24. The van der Waals surface area contributed by atoms with Gasteiger partial charge in [0.25, 0.3) is 5.91 Å². The third kappa shape index (κ3) is 3.97. The first-order valence-corrected chi connectivity index (χ1v) is 7.09. The van der Waals surface area contributed by atoms with Gasteiger partial charge in [0, 0.05) is 32.4 Å². The minimum atomic E-state index is -0.245. The molecule has 1 saturated heterocycles. The van der Waals surface area contributed by atoms with Crippen molar-refractivity contribution in [2.24, 2.45) is 0 Å². The molecule has 0 saturated carbocycles. The maximum absolute atomic E-state index is 12.3. The Morgan fingerprint density at radius 1 is 1.33 bits per heavy atom. The molecule has 1 heterocycles. The van der Waals surface area contributed by atoms with Gasteiger partial charge in [-0.25, -0.2) is 0 Å². The van der Waals surface area contributed by atoms with Crippen molar-refractivity contribution < 1.29 is 4.79 Å². The number of benzene rings is 1. The first kappa shape index (κ1) is 15.4. The summed E-state index contributed by atoms with van der Waals surface area (Å²) in [6.07, 6.45) is 1.42. The summed E-state index contributed by atoms with van der Waals surface area (Å²) in [6, 6.07) is 9.13. The van der Waals surface area contributed by atoms with Crippen LogP contribution in [0.3, 0.4) is 0 Å². The normalized spacial score (nSPS) is 16.4. The van der Waals surface area contributed by atoms with Gasteiger partial charge in [0.2, 0.25) is 0 Å². The van der Waals surface area contributed by atoms with Crippen LogP contribution in [0.5, 0.6) is 0 Å². The molecule has 1 N–H and O–H groups in total. The van der Waals surface area contributed by atoms with E-state index in [0.717, 1.165) is 13.1 Å². The predicted molar refractivity (Wildman–Crippen MR) is 82.8 cm³/mol. The summed E-state index contributed by atoms with van der Waals surface area (Å²) < 4.78 is 0. The average molecular weight is 305 g/mol. The van der Waals surface area contributed by atoms with Crippen LogP contribution in [-0.4, -0.2) is 48.9 Å². The van der Waals surface area contributed by atoms with E-state index in [9.17, 15) is 10.1 Å². The van der Waals surface area contributed by atoms with Crippen molar-refractivity contribution in [2.75, 3.05) is 38.5 Å². The number of hydrogen-bond donors (Lipinski definition) is 1. The van der Waals surface area contributed by atoms with E-state index in [1.807, 2.05) is 25.2 Å². The quantitative estimate of drug-likeness (QED) is 0.685. The van der Waals surface area contributed by atoms with Crippen molar-refractivity contribution in [1.29, 1.82) is 5.26 Å². The molecule has 0 spiro atoms. The van der Waals surface area contributed by atoms with Crippen LogP contribution in [0.25, 0.3) is 0 Å². The van der Waals surface area contributed by atoms with Crippen LogP contribution in [0, 0.1) is 11.3 Å². The molecule has 0 aromatic heterocycles. The fourth-order valence-electron chi connectivity index (χ4n) is 2.05. The molecule has 2 rings (SSSR count). The number of piperazine rings is 1. The highest BCUT2D eigenvalue weighted by Crippen LogP contribution is 2.20. The molecule has 1 fully saturated rings. The summed E-state index contributed by atoms with van der Waals surface area (Å²) in [6.45, 7) is 2.92. The molecule has 5 nitrogen and oxygen atoms in total. The Kier molecular flexibility index (Phi) is 5.20. The van der Waals surface area contributed by atoms with Crippen LogP contribution >= 0.6 is 11.6 Å². The summed E-state index contributed by atoms with van der Waals surface area (Å²) >= 11 is 6.02. The highest BCUT2D eigenvalue weighted by Gasteiger charge is 2.22. The van der Waals surface area contributed by atoms with Crippen molar-refractivity contribution >= 4 is 23.2 Å². The van der Waals surface area contributed by atoms with E-state index in [-0.39, 0.29) is 11.5 Å². The largest absolute Gasteiger partial charge is 0.359 e. The zero-order valence-corrected chi connectivity index (χ0v) is 12.6. The van der Waals surface area contributed by atoms with Crippen LogP contribution < -0.4 is 5.32 Å². The van der Waals surface area contributed by atoms with Gasteiger partial charge in [0.15, 0.2) is 0 Å². The molecular formula is C15H17ClN4O. The molecule has 1 aromatic carbocycles. The maximum atomic E-state index is 12.3. The molecule has 0 bridgehead atoms. The number of rotatable bonds is 3. The number of nitrogens with one attached hydrogen (secondary N) is 1. The monoisotopic (exact) mass is 304 g/mol. The Labute approximate surface area is 129 Å². The van der Waals surface area contributed by atoms with Gasteiger partial charge in [-0.05, 0) is 19.2 Å².